The molecular weight excluding hydrogens is 200 g/mol. The van der Waals surface area contributed by atoms with Crippen molar-refractivity contribution in [2.75, 3.05) is 20.6 Å². The fourth-order valence-corrected chi connectivity index (χ4v) is 1.79. The molecular formula is C13H24N2O. The molecule has 2 atom stereocenters. The number of furan rings is 1. The SMILES string of the molecule is CCC(CNC(C)c1ccc(C)o1)N(C)C. The molecule has 1 heterocycles. The molecule has 0 spiro atoms. The highest BCUT2D eigenvalue weighted by atomic mass is 16.3. The van der Waals surface area contributed by atoms with Crippen molar-refractivity contribution in [3.05, 3.63) is 23.7 Å². The number of aryl methyl sites for hydroxylation is 1. The minimum absolute atomic E-state index is 0.280. The first kappa shape index (κ1) is 13.3. The monoisotopic (exact) mass is 224 g/mol. The Balaban J connectivity index is 2.43. The van der Waals surface area contributed by atoms with E-state index >= 15 is 0 Å². The van der Waals surface area contributed by atoms with Crippen LogP contribution in [0.15, 0.2) is 16.5 Å². The Morgan fingerprint density at radius 2 is 2.06 bits per heavy atom. The molecule has 0 saturated heterocycles. The third-order valence-corrected chi connectivity index (χ3v) is 3.05. The number of hydrogen-bond acceptors (Lipinski definition) is 3. The van der Waals surface area contributed by atoms with Gasteiger partial charge in [-0.05, 0) is 46.5 Å². The fraction of sp³-hybridized carbons (Fsp3) is 0.692. The van der Waals surface area contributed by atoms with Gasteiger partial charge in [0.05, 0.1) is 6.04 Å². The quantitative estimate of drug-likeness (QED) is 0.805. The Kier molecular flexibility index (Phi) is 5.03. The average molecular weight is 224 g/mol. The number of likely N-dealkylation sites (N-methyl/N-ethyl adjacent to an activating group) is 1. The number of hydrogen-bond donors (Lipinski definition) is 1. The van der Waals surface area contributed by atoms with E-state index in [-0.39, 0.29) is 6.04 Å². The molecule has 0 aliphatic heterocycles. The molecule has 92 valence electrons. The minimum Gasteiger partial charge on any atom is -0.465 e. The Hall–Kier alpha value is -0.800. The van der Waals surface area contributed by atoms with E-state index in [1.807, 2.05) is 19.1 Å². The first-order chi connectivity index (χ1) is 7.54. The van der Waals surface area contributed by atoms with Gasteiger partial charge in [0.2, 0.25) is 0 Å². The Morgan fingerprint density at radius 1 is 1.38 bits per heavy atom. The maximum absolute atomic E-state index is 5.60. The van der Waals surface area contributed by atoms with E-state index in [0.717, 1.165) is 24.5 Å². The van der Waals surface area contributed by atoms with Gasteiger partial charge in [-0.25, -0.2) is 0 Å². The molecule has 0 radical (unpaired) electrons. The predicted molar refractivity (Wildman–Crippen MR) is 67.6 cm³/mol. The average Bonchev–Trinajstić information content (AvgIpc) is 2.65. The highest BCUT2D eigenvalue weighted by Crippen LogP contribution is 2.15. The van der Waals surface area contributed by atoms with Crippen LogP contribution in [0.2, 0.25) is 0 Å². The third kappa shape index (κ3) is 3.65. The summed E-state index contributed by atoms with van der Waals surface area (Å²) in [7, 11) is 4.25. The molecule has 3 heteroatoms. The molecule has 3 nitrogen and oxygen atoms in total. The van der Waals surface area contributed by atoms with Gasteiger partial charge in [0.15, 0.2) is 0 Å². The molecule has 0 fully saturated rings. The number of rotatable bonds is 6. The molecule has 0 aliphatic carbocycles. The van der Waals surface area contributed by atoms with Crippen LogP contribution in [0.4, 0.5) is 0 Å². The molecule has 0 aromatic carbocycles. The van der Waals surface area contributed by atoms with E-state index in [0.29, 0.717) is 6.04 Å². The summed E-state index contributed by atoms with van der Waals surface area (Å²) in [6.45, 7) is 7.32. The van der Waals surface area contributed by atoms with Gasteiger partial charge in [-0.3, -0.25) is 0 Å². The number of nitrogens with zero attached hydrogens (tertiary/aromatic N) is 1. The van der Waals surface area contributed by atoms with Gasteiger partial charge in [-0.1, -0.05) is 6.92 Å². The van der Waals surface area contributed by atoms with Crippen molar-refractivity contribution in [3.63, 3.8) is 0 Å². The van der Waals surface area contributed by atoms with E-state index in [2.05, 4.69) is 38.2 Å². The highest BCUT2D eigenvalue weighted by Gasteiger charge is 2.13. The van der Waals surface area contributed by atoms with Crippen LogP contribution >= 0.6 is 0 Å². The second-order valence-electron chi connectivity index (χ2n) is 4.60. The van der Waals surface area contributed by atoms with E-state index in [9.17, 15) is 0 Å². The van der Waals surface area contributed by atoms with Crippen LogP contribution in [0.1, 0.15) is 37.8 Å². The summed E-state index contributed by atoms with van der Waals surface area (Å²) in [5.41, 5.74) is 0. The lowest BCUT2D eigenvalue weighted by atomic mass is 10.2. The number of nitrogens with one attached hydrogen (secondary N) is 1. The van der Waals surface area contributed by atoms with Crippen molar-refractivity contribution < 1.29 is 4.42 Å². The Bertz CT molecular complexity index is 307. The van der Waals surface area contributed by atoms with Crippen molar-refractivity contribution in [3.8, 4) is 0 Å². The maximum atomic E-state index is 5.60. The highest BCUT2D eigenvalue weighted by molar-refractivity contribution is 5.08. The fourth-order valence-electron chi connectivity index (χ4n) is 1.79. The summed E-state index contributed by atoms with van der Waals surface area (Å²) < 4.78 is 5.60. The van der Waals surface area contributed by atoms with Crippen molar-refractivity contribution >= 4 is 0 Å². The van der Waals surface area contributed by atoms with E-state index in [1.54, 1.807) is 0 Å². The van der Waals surface area contributed by atoms with Gasteiger partial charge >= 0.3 is 0 Å². The summed E-state index contributed by atoms with van der Waals surface area (Å²) in [5.74, 6) is 1.99. The molecule has 0 saturated carbocycles. The van der Waals surface area contributed by atoms with Crippen molar-refractivity contribution in [2.45, 2.75) is 39.3 Å². The molecule has 16 heavy (non-hydrogen) atoms. The molecule has 2 unspecified atom stereocenters. The normalized spacial score (nSPS) is 15.4. The Morgan fingerprint density at radius 3 is 2.50 bits per heavy atom. The van der Waals surface area contributed by atoms with Crippen LogP contribution in [0.25, 0.3) is 0 Å². The van der Waals surface area contributed by atoms with Gasteiger partial charge in [-0.2, -0.15) is 0 Å². The molecule has 0 bridgehead atoms. The molecule has 1 aromatic rings. The molecule has 1 N–H and O–H groups in total. The van der Waals surface area contributed by atoms with E-state index in [4.69, 9.17) is 4.42 Å². The zero-order valence-electron chi connectivity index (χ0n) is 11.1. The summed E-state index contributed by atoms with van der Waals surface area (Å²) >= 11 is 0. The minimum atomic E-state index is 0.280. The second kappa shape index (κ2) is 6.06. The third-order valence-electron chi connectivity index (χ3n) is 3.05. The summed E-state index contributed by atoms with van der Waals surface area (Å²) in [4.78, 5) is 2.26. The predicted octanol–water partition coefficient (Wildman–Crippen LogP) is 2.58. The molecule has 1 aromatic heterocycles. The zero-order valence-corrected chi connectivity index (χ0v) is 11.1. The summed E-state index contributed by atoms with van der Waals surface area (Å²) in [6, 6.07) is 4.92. The molecule has 1 rings (SSSR count). The lowest BCUT2D eigenvalue weighted by molar-refractivity contribution is 0.265. The first-order valence-electron chi connectivity index (χ1n) is 6.00. The lowest BCUT2D eigenvalue weighted by Gasteiger charge is -2.24. The van der Waals surface area contributed by atoms with Crippen molar-refractivity contribution in [2.24, 2.45) is 0 Å². The van der Waals surface area contributed by atoms with E-state index in [1.165, 1.54) is 0 Å². The summed E-state index contributed by atoms with van der Waals surface area (Å²) in [6.07, 6.45) is 1.16. The van der Waals surface area contributed by atoms with Gasteiger partial charge in [0, 0.05) is 12.6 Å². The smallest absolute Gasteiger partial charge is 0.120 e. The van der Waals surface area contributed by atoms with E-state index < -0.39 is 0 Å². The van der Waals surface area contributed by atoms with Gasteiger partial charge in [-0.15, -0.1) is 0 Å². The Labute approximate surface area is 98.8 Å². The lowest BCUT2D eigenvalue weighted by Crippen LogP contribution is -2.38. The maximum Gasteiger partial charge on any atom is 0.120 e. The van der Waals surface area contributed by atoms with Crippen molar-refractivity contribution in [1.82, 2.24) is 10.2 Å². The largest absolute Gasteiger partial charge is 0.465 e. The van der Waals surface area contributed by atoms with Gasteiger partial charge < -0.3 is 14.6 Å². The standard InChI is InChI=1S/C13H24N2O/c1-6-12(15(4)5)9-14-11(3)13-8-7-10(2)16-13/h7-8,11-12,14H,6,9H2,1-5H3. The first-order valence-corrected chi connectivity index (χ1v) is 6.00. The molecule has 0 amide bonds. The van der Waals surface area contributed by atoms with Crippen LogP contribution < -0.4 is 5.32 Å². The van der Waals surface area contributed by atoms with Gasteiger partial charge in [0.25, 0.3) is 0 Å². The topological polar surface area (TPSA) is 28.4 Å². The zero-order chi connectivity index (χ0) is 12.1. The van der Waals surface area contributed by atoms with Crippen LogP contribution in [0.3, 0.4) is 0 Å². The van der Waals surface area contributed by atoms with Gasteiger partial charge in [0.1, 0.15) is 11.5 Å². The van der Waals surface area contributed by atoms with Crippen LogP contribution in [-0.4, -0.2) is 31.6 Å². The van der Waals surface area contributed by atoms with Crippen LogP contribution in [0.5, 0.6) is 0 Å². The second-order valence-corrected chi connectivity index (χ2v) is 4.60. The summed E-state index contributed by atoms with van der Waals surface area (Å²) in [5, 5.41) is 3.51. The van der Waals surface area contributed by atoms with Crippen LogP contribution in [0, 0.1) is 6.92 Å². The van der Waals surface area contributed by atoms with Crippen molar-refractivity contribution in [1.29, 1.82) is 0 Å². The van der Waals surface area contributed by atoms with Crippen LogP contribution in [-0.2, 0) is 0 Å². The molecule has 0 aliphatic rings.